The standard InChI is InChI=1S/C22H18IN3O2S/c1-14-5-2-3-8-19(14)21(28)24-17-9-11-18(12-10-17)25-22(29)26-20(27)15-6-4-7-16(23)13-15/h2-13H,1H3,(H,24,28)(H2,25,26,27,29). The number of hydrogen-bond acceptors (Lipinski definition) is 3. The smallest absolute Gasteiger partial charge is 0.257 e. The number of nitrogens with one attached hydrogen (secondary N) is 3. The van der Waals surface area contributed by atoms with Gasteiger partial charge in [-0.25, -0.2) is 0 Å². The first-order valence-electron chi connectivity index (χ1n) is 8.77. The van der Waals surface area contributed by atoms with Crippen LogP contribution in [0.5, 0.6) is 0 Å². The maximum atomic E-state index is 12.4. The van der Waals surface area contributed by atoms with Crippen LogP contribution < -0.4 is 16.0 Å². The molecule has 0 spiro atoms. The summed E-state index contributed by atoms with van der Waals surface area (Å²) in [6.07, 6.45) is 0. The number of carbonyl (C=O) groups excluding carboxylic acids is 2. The fraction of sp³-hybridized carbons (Fsp3) is 0.0455. The van der Waals surface area contributed by atoms with E-state index >= 15 is 0 Å². The molecule has 2 amide bonds. The lowest BCUT2D eigenvalue weighted by Gasteiger charge is -2.11. The Balaban J connectivity index is 1.57. The lowest BCUT2D eigenvalue weighted by molar-refractivity contribution is 0.0976. The highest BCUT2D eigenvalue weighted by molar-refractivity contribution is 14.1. The van der Waals surface area contributed by atoms with E-state index in [9.17, 15) is 9.59 Å². The van der Waals surface area contributed by atoms with Gasteiger partial charge in [-0.1, -0.05) is 24.3 Å². The minimum absolute atomic E-state index is 0.163. The highest BCUT2D eigenvalue weighted by Gasteiger charge is 2.10. The van der Waals surface area contributed by atoms with Crippen LogP contribution in [-0.4, -0.2) is 16.9 Å². The number of amides is 2. The number of thiocarbonyl (C=S) groups is 1. The zero-order valence-corrected chi connectivity index (χ0v) is 18.5. The van der Waals surface area contributed by atoms with E-state index in [2.05, 4.69) is 38.5 Å². The SMILES string of the molecule is Cc1ccccc1C(=O)Nc1ccc(NC(=S)NC(=O)c2cccc(I)c2)cc1. The van der Waals surface area contributed by atoms with Crippen LogP contribution in [0.25, 0.3) is 0 Å². The average Bonchev–Trinajstić information content (AvgIpc) is 2.69. The second-order valence-corrected chi connectivity index (χ2v) is 7.92. The van der Waals surface area contributed by atoms with Gasteiger partial charge in [0.05, 0.1) is 0 Å². The van der Waals surface area contributed by atoms with Crippen LogP contribution in [0.1, 0.15) is 26.3 Å². The summed E-state index contributed by atoms with van der Waals surface area (Å²) < 4.78 is 0.970. The van der Waals surface area contributed by atoms with Crippen molar-refractivity contribution in [1.29, 1.82) is 0 Å². The van der Waals surface area contributed by atoms with Crippen molar-refractivity contribution in [2.24, 2.45) is 0 Å². The van der Waals surface area contributed by atoms with Crippen LogP contribution in [0.4, 0.5) is 11.4 Å². The van der Waals surface area contributed by atoms with Gasteiger partial charge >= 0.3 is 0 Å². The lowest BCUT2D eigenvalue weighted by Crippen LogP contribution is -2.34. The van der Waals surface area contributed by atoms with Crippen LogP contribution in [0, 0.1) is 10.5 Å². The summed E-state index contributed by atoms with van der Waals surface area (Å²) in [4.78, 5) is 24.6. The highest BCUT2D eigenvalue weighted by Crippen LogP contribution is 2.16. The molecular weight excluding hydrogens is 497 g/mol. The van der Waals surface area contributed by atoms with Crippen molar-refractivity contribution in [2.45, 2.75) is 6.92 Å². The van der Waals surface area contributed by atoms with Crippen molar-refractivity contribution >= 4 is 63.1 Å². The number of anilines is 2. The third-order valence-corrected chi connectivity index (χ3v) is 4.98. The van der Waals surface area contributed by atoms with Crippen molar-refractivity contribution in [2.75, 3.05) is 10.6 Å². The Hall–Kier alpha value is -2.78. The molecule has 0 saturated carbocycles. The Morgan fingerprint density at radius 3 is 2.14 bits per heavy atom. The molecule has 146 valence electrons. The summed E-state index contributed by atoms with van der Waals surface area (Å²) >= 11 is 7.36. The zero-order chi connectivity index (χ0) is 20.8. The van der Waals surface area contributed by atoms with Gasteiger partial charge in [-0.2, -0.15) is 0 Å². The van der Waals surface area contributed by atoms with E-state index in [1.807, 2.05) is 37.3 Å². The molecule has 0 aromatic heterocycles. The van der Waals surface area contributed by atoms with Gasteiger partial charge in [-0.3, -0.25) is 14.9 Å². The molecule has 5 nitrogen and oxygen atoms in total. The quantitative estimate of drug-likeness (QED) is 0.339. The van der Waals surface area contributed by atoms with Crippen molar-refractivity contribution in [3.8, 4) is 0 Å². The van der Waals surface area contributed by atoms with Gasteiger partial charge in [0.25, 0.3) is 11.8 Å². The minimum Gasteiger partial charge on any atom is -0.332 e. The van der Waals surface area contributed by atoms with Crippen molar-refractivity contribution in [3.05, 3.63) is 93.1 Å². The largest absolute Gasteiger partial charge is 0.332 e. The fourth-order valence-electron chi connectivity index (χ4n) is 2.63. The first kappa shape index (κ1) is 20.9. The van der Waals surface area contributed by atoms with Gasteiger partial charge in [0.2, 0.25) is 0 Å². The van der Waals surface area contributed by atoms with E-state index in [1.165, 1.54) is 0 Å². The molecule has 0 aliphatic rings. The van der Waals surface area contributed by atoms with E-state index in [4.69, 9.17) is 12.2 Å². The Morgan fingerprint density at radius 2 is 1.48 bits per heavy atom. The second-order valence-electron chi connectivity index (χ2n) is 6.26. The minimum atomic E-state index is -0.275. The van der Waals surface area contributed by atoms with Gasteiger partial charge in [0.15, 0.2) is 5.11 Å². The number of hydrogen-bond donors (Lipinski definition) is 3. The Morgan fingerprint density at radius 1 is 0.828 bits per heavy atom. The molecule has 0 aliphatic carbocycles. The number of rotatable bonds is 4. The molecule has 29 heavy (non-hydrogen) atoms. The van der Waals surface area contributed by atoms with Crippen LogP contribution in [0.15, 0.2) is 72.8 Å². The molecule has 3 aromatic rings. The number of benzene rings is 3. The van der Waals surface area contributed by atoms with Gasteiger partial charge in [-0.05, 0) is 95.8 Å². The van der Waals surface area contributed by atoms with E-state index in [1.54, 1.807) is 42.5 Å². The second kappa shape index (κ2) is 9.62. The van der Waals surface area contributed by atoms with Crippen LogP contribution in [-0.2, 0) is 0 Å². The van der Waals surface area contributed by atoms with Crippen LogP contribution in [0.3, 0.4) is 0 Å². The molecule has 0 bridgehead atoms. The summed E-state index contributed by atoms with van der Waals surface area (Å²) in [5.41, 5.74) is 3.45. The van der Waals surface area contributed by atoms with Crippen molar-refractivity contribution < 1.29 is 9.59 Å². The van der Waals surface area contributed by atoms with Gasteiger partial charge in [0.1, 0.15) is 0 Å². The highest BCUT2D eigenvalue weighted by atomic mass is 127. The number of halogens is 1. The summed E-state index contributed by atoms with van der Waals surface area (Å²) in [6.45, 7) is 1.90. The van der Waals surface area contributed by atoms with Crippen LogP contribution >= 0.6 is 34.8 Å². The fourth-order valence-corrected chi connectivity index (χ4v) is 3.38. The molecule has 0 radical (unpaired) electrons. The lowest BCUT2D eigenvalue weighted by atomic mass is 10.1. The normalized spacial score (nSPS) is 10.1. The van der Waals surface area contributed by atoms with Crippen molar-refractivity contribution in [3.63, 3.8) is 0 Å². The first-order valence-corrected chi connectivity index (χ1v) is 10.3. The predicted octanol–water partition coefficient (Wildman–Crippen LogP) is 4.98. The van der Waals surface area contributed by atoms with E-state index < -0.39 is 0 Å². The molecule has 3 N–H and O–H groups in total. The zero-order valence-electron chi connectivity index (χ0n) is 15.5. The summed E-state index contributed by atoms with van der Waals surface area (Å²) in [5.74, 6) is -0.438. The summed E-state index contributed by atoms with van der Waals surface area (Å²) in [5, 5.41) is 8.69. The Labute approximate surface area is 188 Å². The Bertz CT molecular complexity index is 1070. The van der Waals surface area contributed by atoms with Crippen molar-refractivity contribution in [1.82, 2.24) is 5.32 Å². The van der Waals surface area contributed by atoms with E-state index in [0.717, 1.165) is 9.13 Å². The maximum absolute atomic E-state index is 12.4. The van der Waals surface area contributed by atoms with Crippen LogP contribution in [0.2, 0.25) is 0 Å². The maximum Gasteiger partial charge on any atom is 0.257 e. The number of carbonyl (C=O) groups is 2. The van der Waals surface area contributed by atoms with Gasteiger partial charge in [-0.15, -0.1) is 0 Å². The molecule has 0 saturated heterocycles. The third kappa shape index (κ3) is 5.85. The molecule has 3 rings (SSSR count). The van der Waals surface area contributed by atoms with Gasteiger partial charge in [0, 0.05) is 26.1 Å². The Kier molecular flexibility index (Phi) is 6.95. The van der Waals surface area contributed by atoms with E-state index in [0.29, 0.717) is 22.5 Å². The number of aryl methyl sites for hydroxylation is 1. The molecule has 3 aromatic carbocycles. The topological polar surface area (TPSA) is 70.2 Å². The molecule has 0 atom stereocenters. The average molecular weight is 515 g/mol. The molecule has 0 unspecified atom stereocenters. The predicted molar refractivity (Wildman–Crippen MR) is 128 cm³/mol. The third-order valence-electron chi connectivity index (χ3n) is 4.10. The molecular formula is C22H18IN3O2S. The molecule has 0 aliphatic heterocycles. The molecule has 7 heteroatoms. The monoisotopic (exact) mass is 515 g/mol. The molecule has 0 heterocycles. The van der Waals surface area contributed by atoms with Gasteiger partial charge < -0.3 is 10.6 Å². The first-order chi connectivity index (χ1) is 13.9. The summed E-state index contributed by atoms with van der Waals surface area (Å²) in [6, 6.07) is 21.7. The van der Waals surface area contributed by atoms with E-state index in [-0.39, 0.29) is 16.9 Å². The molecule has 0 fully saturated rings. The summed E-state index contributed by atoms with van der Waals surface area (Å²) in [7, 11) is 0.